The van der Waals surface area contributed by atoms with Crippen LogP contribution in [-0.4, -0.2) is 23.0 Å². The average Bonchev–Trinajstić information content (AvgIpc) is 2.27. The molecule has 0 aromatic heterocycles. The van der Waals surface area contributed by atoms with E-state index in [1.165, 1.54) is 0 Å². The zero-order chi connectivity index (χ0) is 14.6. The van der Waals surface area contributed by atoms with E-state index in [1.807, 2.05) is 20.8 Å². The molecule has 4 nitrogen and oxygen atoms in total. The molecule has 0 spiro atoms. The highest BCUT2D eigenvalue weighted by molar-refractivity contribution is 6.30. The number of hydrogen-bond donors (Lipinski definition) is 2. The maximum atomic E-state index is 12.0. The average molecular weight is 284 g/mol. The Balaban J connectivity index is 2.81. The molecule has 1 rings (SSSR count). The van der Waals surface area contributed by atoms with E-state index in [2.05, 4.69) is 5.32 Å². The van der Waals surface area contributed by atoms with Gasteiger partial charge in [0.2, 0.25) is 0 Å². The highest BCUT2D eigenvalue weighted by Crippen LogP contribution is 2.22. The summed E-state index contributed by atoms with van der Waals surface area (Å²) >= 11 is 5.75. The van der Waals surface area contributed by atoms with Crippen molar-refractivity contribution in [2.75, 3.05) is 0 Å². The molecule has 1 amide bonds. The molecule has 0 aliphatic carbocycles. The van der Waals surface area contributed by atoms with E-state index in [-0.39, 0.29) is 17.7 Å². The first kappa shape index (κ1) is 15.5. The normalized spacial score (nSPS) is 12.8. The van der Waals surface area contributed by atoms with E-state index in [0.29, 0.717) is 10.6 Å². The molecule has 0 fully saturated rings. The first-order chi connectivity index (χ1) is 8.70. The molecule has 0 saturated carbocycles. The van der Waals surface area contributed by atoms with Crippen molar-refractivity contribution in [3.05, 3.63) is 34.9 Å². The van der Waals surface area contributed by atoms with E-state index < -0.39 is 12.0 Å². The number of benzene rings is 1. The minimum Gasteiger partial charge on any atom is -0.481 e. The largest absolute Gasteiger partial charge is 0.481 e. The Kier molecular flexibility index (Phi) is 4.95. The van der Waals surface area contributed by atoms with Gasteiger partial charge in [0, 0.05) is 16.6 Å². The number of halogens is 1. The van der Waals surface area contributed by atoms with Crippen molar-refractivity contribution in [3.8, 4) is 0 Å². The van der Waals surface area contributed by atoms with Crippen molar-refractivity contribution in [3.63, 3.8) is 0 Å². The van der Waals surface area contributed by atoms with Gasteiger partial charge in [-0.3, -0.25) is 9.59 Å². The number of amides is 1. The van der Waals surface area contributed by atoms with Crippen LogP contribution in [0.4, 0.5) is 0 Å². The molecule has 1 aromatic carbocycles. The molecule has 1 atom stereocenters. The van der Waals surface area contributed by atoms with Crippen molar-refractivity contribution in [2.45, 2.75) is 33.2 Å². The molecule has 0 aliphatic rings. The van der Waals surface area contributed by atoms with Crippen LogP contribution < -0.4 is 5.32 Å². The fourth-order valence-electron chi connectivity index (χ4n) is 1.59. The minimum atomic E-state index is -0.934. The molecule has 104 valence electrons. The van der Waals surface area contributed by atoms with E-state index in [1.54, 1.807) is 24.3 Å². The van der Waals surface area contributed by atoms with Crippen LogP contribution in [0.1, 0.15) is 37.6 Å². The summed E-state index contributed by atoms with van der Waals surface area (Å²) in [7, 11) is 0. The highest BCUT2D eigenvalue weighted by atomic mass is 35.5. The van der Waals surface area contributed by atoms with Crippen LogP contribution in [0.5, 0.6) is 0 Å². The second kappa shape index (κ2) is 6.06. The van der Waals surface area contributed by atoms with Crippen molar-refractivity contribution >= 4 is 23.5 Å². The lowest BCUT2D eigenvalue weighted by Crippen LogP contribution is -2.45. The van der Waals surface area contributed by atoms with Crippen LogP contribution in [0, 0.1) is 5.41 Å². The van der Waals surface area contributed by atoms with E-state index >= 15 is 0 Å². The predicted octanol–water partition coefficient (Wildman–Crippen LogP) is 2.96. The first-order valence-electron chi connectivity index (χ1n) is 5.98. The minimum absolute atomic E-state index is 0.108. The molecular formula is C14H18ClNO3. The highest BCUT2D eigenvalue weighted by Gasteiger charge is 2.28. The van der Waals surface area contributed by atoms with E-state index in [4.69, 9.17) is 16.7 Å². The monoisotopic (exact) mass is 283 g/mol. The Morgan fingerprint density at radius 3 is 2.21 bits per heavy atom. The molecule has 0 bridgehead atoms. The molecule has 1 unspecified atom stereocenters. The Morgan fingerprint density at radius 1 is 1.26 bits per heavy atom. The number of carboxylic acid groups (broad SMARTS) is 1. The summed E-state index contributed by atoms with van der Waals surface area (Å²) in [6.45, 7) is 5.67. The summed E-state index contributed by atoms with van der Waals surface area (Å²) in [4.78, 5) is 22.9. The van der Waals surface area contributed by atoms with Gasteiger partial charge < -0.3 is 10.4 Å². The van der Waals surface area contributed by atoms with Gasteiger partial charge in [0.15, 0.2) is 0 Å². The zero-order valence-electron chi connectivity index (χ0n) is 11.2. The third-order valence-corrected chi connectivity index (χ3v) is 3.09. The van der Waals surface area contributed by atoms with Gasteiger partial charge in [-0.15, -0.1) is 0 Å². The quantitative estimate of drug-likeness (QED) is 0.893. The van der Waals surface area contributed by atoms with Crippen LogP contribution in [-0.2, 0) is 4.79 Å². The molecule has 0 aliphatic heterocycles. The van der Waals surface area contributed by atoms with Gasteiger partial charge in [0.1, 0.15) is 0 Å². The maximum Gasteiger partial charge on any atom is 0.305 e. The number of carboxylic acids is 1. The van der Waals surface area contributed by atoms with Gasteiger partial charge in [-0.2, -0.15) is 0 Å². The Hall–Kier alpha value is -1.55. The van der Waals surface area contributed by atoms with Crippen molar-refractivity contribution in [2.24, 2.45) is 5.41 Å². The van der Waals surface area contributed by atoms with Gasteiger partial charge in [-0.1, -0.05) is 32.4 Å². The van der Waals surface area contributed by atoms with E-state index in [0.717, 1.165) is 0 Å². The summed E-state index contributed by atoms with van der Waals surface area (Å²) in [5, 5.41) is 12.2. The molecule has 0 saturated heterocycles. The fourth-order valence-corrected chi connectivity index (χ4v) is 1.72. The molecule has 0 radical (unpaired) electrons. The van der Waals surface area contributed by atoms with Gasteiger partial charge in [-0.05, 0) is 29.7 Å². The lowest BCUT2D eigenvalue weighted by atomic mass is 9.84. The second-order valence-electron chi connectivity index (χ2n) is 5.50. The number of carbonyl (C=O) groups excluding carboxylic acids is 1. The van der Waals surface area contributed by atoms with Gasteiger partial charge in [0.05, 0.1) is 6.42 Å². The summed E-state index contributed by atoms with van der Waals surface area (Å²) < 4.78 is 0. The predicted molar refractivity (Wildman–Crippen MR) is 74.4 cm³/mol. The Bertz CT molecular complexity index is 463. The number of rotatable bonds is 4. The molecule has 1 aromatic rings. The zero-order valence-corrected chi connectivity index (χ0v) is 12.0. The van der Waals surface area contributed by atoms with Crippen LogP contribution >= 0.6 is 11.6 Å². The van der Waals surface area contributed by atoms with Crippen LogP contribution in [0.15, 0.2) is 24.3 Å². The Labute approximate surface area is 117 Å². The summed E-state index contributed by atoms with van der Waals surface area (Å²) in [5.74, 6) is -1.23. The van der Waals surface area contributed by atoms with Gasteiger partial charge >= 0.3 is 5.97 Å². The summed E-state index contributed by atoms with van der Waals surface area (Å²) in [6, 6.07) is 6.03. The standard InChI is InChI=1S/C14H18ClNO3/c1-14(2,3)11(8-12(17)18)16-13(19)9-4-6-10(15)7-5-9/h4-7,11H,8H2,1-3H3,(H,16,19)(H,17,18). The molecule has 5 heteroatoms. The summed E-state index contributed by atoms with van der Waals surface area (Å²) in [5.41, 5.74) is 0.129. The maximum absolute atomic E-state index is 12.0. The topological polar surface area (TPSA) is 66.4 Å². The molecule has 0 heterocycles. The molecule has 2 N–H and O–H groups in total. The first-order valence-corrected chi connectivity index (χ1v) is 6.36. The molecule has 19 heavy (non-hydrogen) atoms. The number of nitrogens with one attached hydrogen (secondary N) is 1. The van der Waals surface area contributed by atoms with Crippen molar-refractivity contribution in [1.29, 1.82) is 0 Å². The number of hydrogen-bond acceptors (Lipinski definition) is 2. The Morgan fingerprint density at radius 2 is 1.79 bits per heavy atom. The van der Waals surface area contributed by atoms with Crippen LogP contribution in [0.3, 0.4) is 0 Å². The number of aliphatic carboxylic acids is 1. The lowest BCUT2D eigenvalue weighted by Gasteiger charge is -2.30. The third kappa shape index (κ3) is 4.91. The van der Waals surface area contributed by atoms with E-state index in [9.17, 15) is 9.59 Å². The summed E-state index contributed by atoms with van der Waals surface area (Å²) in [6.07, 6.45) is -0.108. The SMILES string of the molecule is CC(C)(C)C(CC(=O)O)NC(=O)c1ccc(Cl)cc1. The van der Waals surface area contributed by atoms with Crippen LogP contribution in [0.25, 0.3) is 0 Å². The molecular weight excluding hydrogens is 266 g/mol. The number of carbonyl (C=O) groups is 2. The van der Waals surface area contributed by atoms with Crippen molar-refractivity contribution in [1.82, 2.24) is 5.32 Å². The van der Waals surface area contributed by atoms with Crippen molar-refractivity contribution < 1.29 is 14.7 Å². The second-order valence-corrected chi connectivity index (χ2v) is 5.93. The fraction of sp³-hybridized carbons (Fsp3) is 0.429. The third-order valence-electron chi connectivity index (χ3n) is 2.84. The lowest BCUT2D eigenvalue weighted by molar-refractivity contribution is -0.138. The van der Waals surface area contributed by atoms with Gasteiger partial charge in [0.25, 0.3) is 5.91 Å². The smallest absolute Gasteiger partial charge is 0.305 e. The van der Waals surface area contributed by atoms with Gasteiger partial charge in [-0.25, -0.2) is 0 Å². The van der Waals surface area contributed by atoms with Crippen LogP contribution in [0.2, 0.25) is 5.02 Å².